The van der Waals surface area contributed by atoms with E-state index in [9.17, 15) is 0 Å². The van der Waals surface area contributed by atoms with E-state index in [0.29, 0.717) is 12.1 Å². The Balaban J connectivity index is 2.08. The van der Waals surface area contributed by atoms with Crippen molar-refractivity contribution < 1.29 is 0 Å². The van der Waals surface area contributed by atoms with Crippen LogP contribution in [-0.4, -0.2) is 19.1 Å². The normalized spacial score (nSPS) is 27.8. The maximum atomic E-state index is 6.05. The second-order valence-electron chi connectivity index (χ2n) is 3.72. The maximum absolute atomic E-state index is 6.05. The Morgan fingerprint density at radius 2 is 2.38 bits per heavy atom. The van der Waals surface area contributed by atoms with Crippen LogP contribution >= 0.6 is 11.3 Å². The van der Waals surface area contributed by atoms with Crippen molar-refractivity contribution in [3.8, 4) is 0 Å². The molecule has 2 atom stereocenters. The van der Waals surface area contributed by atoms with Crippen LogP contribution in [-0.2, 0) is 0 Å². The molecule has 13 heavy (non-hydrogen) atoms. The summed E-state index contributed by atoms with van der Waals surface area (Å²) < 4.78 is 0. The third-order valence-electron chi connectivity index (χ3n) is 2.88. The monoisotopic (exact) mass is 196 g/mol. The van der Waals surface area contributed by atoms with Gasteiger partial charge in [0.15, 0.2) is 0 Å². The molecular formula is C10H16N2S. The predicted molar refractivity (Wildman–Crippen MR) is 58.3 cm³/mol. The molecule has 1 aliphatic carbocycles. The molecule has 2 nitrogen and oxygen atoms in total. The molecule has 2 rings (SSSR count). The van der Waals surface area contributed by atoms with Gasteiger partial charge in [0, 0.05) is 19.1 Å². The van der Waals surface area contributed by atoms with Gasteiger partial charge in [0.05, 0.1) is 5.00 Å². The first-order valence-electron chi connectivity index (χ1n) is 4.81. The smallest absolute Gasteiger partial charge is 0.0908 e. The molecule has 0 saturated heterocycles. The van der Waals surface area contributed by atoms with Gasteiger partial charge < -0.3 is 10.6 Å². The summed E-state index contributed by atoms with van der Waals surface area (Å²) in [6, 6.07) is 5.18. The van der Waals surface area contributed by atoms with Crippen molar-refractivity contribution >= 4 is 16.3 Å². The number of hydrogen-bond acceptors (Lipinski definition) is 3. The molecule has 0 bridgehead atoms. The molecule has 1 heterocycles. The molecule has 72 valence electrons. The van der Waals surface area contributed by atoms with E-state index in [-0.39, 0.29) is 0 Å². The van der Waals surface area contributed by atoms with Crippen molar-refractivity contribution in [3.63, 3.8) is 0 Å². The van der Waals surface area contributed by atoms with Crippen LogP contribution < -0.4 is 10.6 Å². The van der Waals surface area contributed by atoms with E-state index >= 15 is 0 Å². The number of likely N-dealkylation sites (N-methyl/N-ethyl adjacent to an activating group) is 1. The summed E-state index contributed by atoms with van der Waals surface area (Å²) in [4.78, 5) is 2.34. The summed E-state index contributed by atoms with van der Waals surface area (Å²) in [7, 11) is 2.15. The van der Waals surface area contributed by atoms with Gasteiger partial charge in [-0.1, -0.05) is 0 Å². The van der Waals surface area contributed by atoms with Crippen LogP contribution in [0.15, 0.2) is 17.5 Å². The molecule has 1 aromatic heterocycles. The molecule has 0 aliphatic heterocycles. The summed E-state index contributed by atoms with van der Waals surface area (Å²) >= 11 is 1.79. The summed E-state index contributed by atoms with van der Waals surface area (Å²) in [5.41, 5.74) is 6.05. The minimum absolute atomic E-state index is 0.368. The van der Waals surface area contributed by atoms with E-state index in [1.165, 1.54) is 24.3 Å². The van der Waals surface area contributed by atoms with Crippen LogP contribution in [0.25, 0.3) is 0 Å². The molecule has 1 saturated carbocycles. The van der Waals surface area contributed by atoms with E-state index in [2.05, 4.69) is 29.5 Å². The second-order valence-corrected chi connectivity index (χ2v) is 4.65. The fraction of sp³-hybridized carbons (Fsp3) is 0.600. The molecule has 0 radical (unpaired) electrons. The molecular weight excluding hydrogens is 180 g/mol. The van der Waals surface area contributed by atoms with E-state index in [1.54, 1.807) is 11.3 Å². The molecule has 3 heteroatoms. The Morgan fingerprint density at radius 1 is 1.54 bits per heavy atom. The van der Waals surface area contributed by atoms with Gasteiger partial charge in [0.2, 0.25) is 0 Å². The van der Waals surface area contributed by atoms with Gasteiger partial charge in [-0.3, -0.25) is 0 Å². The summed E-state index contributed by atoms with van der Waals surface area (Å²) in [6.07, 6.45) is 3.71. The lowest BCUT2D eigenvalue weighted by molar-refractivity contribution is 0.575. The van der Waals surface area contributed by atoms with Gasteiger partial charge in [-0.05, 0) is 36.8 Å². The van der Waals surface area contributed by atoms with Crippen molar-refractivity contribution in [1.29, 1.82) is 0 Å². The topological polar surface area (TPSA) is 29.3 Å². The lowest BCUT2D eigenvalue weighted by Crippen LogP contribution is -2.41. The van der Waals surface area contributed by atoms with Gasteiger partial charge in [-0.2, -0.15) is 0 Å². The van der Waals surface area contributed by atoms with E-state index in [1.807, 2.05) is 0 Å². The quantitative estimate of drug-likeness (QED) is 0.784. The largest absolute Gasteiger partial charge is 0.362 e. The van der Waals surface area contributed by atoms with Gasteiger partial charge in [-0.25, -0.2) is 0 Å². The first-order valence-corrected chi connectivity index (χ1v) is 5.69. The van der Waals surface area contributed by atoms with Crippen LogP contribution in [0.5, 0.6) is 0 Å². The first-order chi connectivity index (χ1) is 6.29. The van der Waals surface area contributed by atoms with Gasteiger partial charge in [0.1, 0.15) is 0 Å². The minimum Gasteiger partial charge on any atom is -0.362 e. The zero-order valence-corrected chi connectivity index (χ0v) is 8.76. The molecule has 0 amide bonds. The SMILES string of the molecule is CN(c1cccs1)C1CCCC1N. The summed E-state index contributed by atoms with van der Waals surface area (Å²) in [5.74, 6) is 0. The van der Waals surface area contributed by atoms with Crippen LogP contribution in [0.2, 0.25) is 0 Å². The van der Waals surface area contributed by atoms with Crippen LogP contribution in [0.4, 0.5) is 5.00 Å². The lowest BCUT2D eigenvalue weighted by atomic mass is 10.1. The van der Waals surface area contributed by atoms with Gasteiger partial charge in [0.25, 0.3) is 0 Å². The van der Waals surface area contributed by atoms with Crippen molar-refractivity contribution in [2.24, 2.45) is 5.73 Å². The third-order valence-corrected chi connectivity index (χ3v) is 3.84. The summed E-state index contributed by atoms with van der Waals surface area (Å²) in [6.45, 7) is 0. The molecule has 1 aliphatic rings. The second kappa shape index (κ2) is 3.68. The standard InChI is InChI=1S/C10H16N2S/c1-12(10-6-3-7-13-10)9-5-2-4-8(9)11/h3,6-9H,2,4-5,11H2,1H3. The fourth-order valence-corrected chi connectivity index (χ4v) is 2.84. The Kier molecular flexibility index (Phi) is 2.56. The Morgan fingerprint density at radius 3 is 2.92 bits per heavy atom. The van der Waals surface area contributed by atoms with Crippen molar-refractivity contribution in [3.05, 3.63) is 17.5 Å². The predicted octanol–water partition coefficient (Wildman–Crippen LogP) is 2.06. The highest BCUT2D eigenvalue weighted by atomic mass is 32.1. The highest BCUT2D eigenvalue weighted by Crippen LogP contribution is 2.28. The number of thiophene rings is 1. The van der Waals surface area contributed by atoms with Crippen LogP contribution in [0, 0.1) is 0 Å². The average Bonchev–Trinajstić information content (AvgIpc) is 2.72. The molecule has 2 unspecified atom stereocenters. The summed E-state index contributed by atoms with van der Waals surface area (Å²) in [5, 5.41) is 3.45. The first kappa shape index (κ1) is 9.03. The minimum atomic E-state index is 0.368. The third kappa shape index (κ3) is 1.71. The fourth-order valence-electron chi connectivity index (χ4n) is 2.08. The number of nitrogens with two attached hydrogens (primary N) is 1. The van der Waals surface area contributed by atoms with E-state index in [4.69, 9.17) is 5.73 Å². The number of rotatable bonds is 2. The number of anilines is 1. The number of hydrogen-bond donors (Lipinski definition) is 1. The highest BCUT2D eigenvalue weighted by Gasteiger charge is 2.27. The zero-order valence-electron chi connectivity index (χ0n) is 7.94. The Labute approximate surface area is 83.4 Å². The van der Waals surface area contributed by atoms with Gasteiger partial charge in [-0.15, -0.1) is 11.3 Å². The lowest BCUT2D eigenvalue weighted by Gasteiger charge is -2.28. The molecule has 2 N–H and O–H groups in total. The highest BCUT2D eigenvalue weighted by molar-refractivity contribution is 7.14. The number of nitrogens with zero attached hydrogens (tertiary/aromatic N) is 1. The van der Waals surface area contributed by atoms with E-state index < -0.39 is 0 Å². The van der Waals surface area contributed by atoms with Crippen LogP contribution in [0.3, 0.4) is 0 Å². The Hall–Kier alpha value is -0.540. The van der Waals surface area contributed by atoms with Crippen molar-refractivity contribution in [1.82, 2.24) is 0 Å². The van der Waals surface area contributed by atoms with Crippen molar-refractivity contribution in [2.75, 3.05) is 11.9 Å². The molecule has 1 fully saturated rings. The van der Waals surface area contributed by atoms with E-state index in [0.717, 1.165) is 0 Å². The molecule has 0 spiro atoms. The van der Waals surface area contributed by atoms with Crippen molar-refractivity contribution in [2.45, 2.75) is 31.3 Å². The average molecular weight is 196 g/mol. The zero-order chi connectivity index (χ0) is 9.26. The maximum Gasteiger partial charge on any atom is 0.0908 e. The molecule has 1 aromatic rings. The van der Waals surface area contributed by atoms with Crippen LogP contribution in [0.1, 0.15) is 19.3 Å². The molecule has 0 aromatic carbocycles. The Bertz CT molecular complexity index is 258. The van der Waals surface area contributed by atoms with Gasteiger partial charge >= 0.3 is 0 Å².